The highest BCUT2D eigenvalue weighted by Crippen LogP contribution is 2.50. The Hall–Kier alpha value is -17.4. The first-order valence-corrected chi connectivity index (χ1v) is 50.2. The van der Waals surface area contributed by atoms with Gasteiger partial charge in [0.15, 0.2) is 0 Å². The van der Waals surface area contributed by atoms with Gasteiger partial charge in [-0.15, -0.1) is 34.0 Å². The first-order valence-electron chi connectivity index (χ1n) is 47.8. The van der Waals surface area contributed by atoms with Crippen molar-refractivity contribution in [1.29, 1.82) is 0 Å². The highest BCUT2D eigenvalue weighted by atomic mass is 32.1. The van der Waals surface area contributed by atoms with E-state index in [2.05, 4.69) is 542 Å². The third-order valence-corrected chi connectivity index (χ3v) is 31.4. The number of nitrogens with zero attached hydrogens (tertiary/aromatic N) is 3. The molecule has 0 spiro atoms. The Balaban J connectivity index is 0.000000108. The van der Waals surface area contributed by atoms with Gasteiger partial charge >= 0.3 is 0 Å². The molecule has 3 heterocycles. The molecule has 0 saturated carbocycles. The van der Waals surface area contributed by atoms with E-state index in [1.807, 2.05) is 34.0 Å². The zero-order valence-corrected chi connectivity index (χ0v) is 78.7. The lowest BCUT2D eigenvalue weighted by Gasteiger charge is -2.28. The number of rotatable bonds is 14. The van der Waals surface area contributed by atoms with E-state index < -0.39 is 0 Å². The van der Waals surface area contributed by atoms with Crippen LogP contribution in [0.1, 0.15) is 0 Å². The zero-order valence-electron chi connectivity index (χ0n) is 76.3. The third-order valence-electron chi connectivity index (χ3n) is 27.9. The van der Waals surface area contributed by atoms with Crippen LogP contribution < -0.4 is 14.7 Å². The van der Waals surface area contributed by atoms with E-state index >= 15 is 0 Å². The summed E-state index contributed by atoms with van der Waals surface area (Å²) in [5, 5.41) is 28.0. The van der Waals surface area contributed by atoms with Crippen LogP contribution in [-0.2, 0) is 0 Å². The predicted molar refractivity (Wildman–Crippen MR) is 609 cm³/mol. The Morgan fingerprint density at radius 1 is 0.107 bits per heavy atom. The van der Waals surface area contributed by atoms with Crippen LogP contribution in [0.2, 0.25) is 0 Å². The lowest BCUT2D eigenvalue weighted by atomic mass is 9.94. The van der Waals surface area contributed by atoms with Crippen molar-refractivity contribution in [2.24, 2.45) is 0 Å². The van der Waals surface area contributed by atoms with Crippen molar-refractivity contribution in [3.05, 3.63) is 528 Å². The summed E-state index contributed by atoms with van der Waals surface area (Å²) in [7, 11) is 0. The Kier molecular flexibility index (Phi) is 21.2. The summed E-state index contributed by atoms with van der Waals surface area (Å²) in [6.07, 6.45) is 0. The number of anilines is 9. The monoisotopic (exact) mass is 1830 g/mol. The molecule has 0 unspecified atom stereocenters. The quantitative estimate of drug-likeness (QED) is 0.100. The standard InChI is InChI=1S/C46H29NS.C46H31NS.C42H27NS/c1-2-12-35-31(10-1)11-9-18-44(35)47(34-25-26-40-38-15-4-3-13-36(38)37-14-5-6-16-39(37)42(40)29-34)33-23-20-30(21-24-33)32-22-27-46-43(28-32)41-17-7-8-19-45(41)48-46;1-2-9-32(10-3-1)33-17-19-34(20-18-33)35-21-26-39(27-22-35)47(44-15-8-12-37-11-4-5-13-41(37)44)40-28-23-36(24-29-40)38-25-30-46-43(31-38)42-14-6-7-16-45(42)48-46;1-2-10-30-25-34(23-19-28(30)9-1)43(40-27-32-11-3-4-12-35(32)36-13-5-6-14-37(36)40)33-21-17-29(18-22-33)31-20-24-42-39(26-31)38-15-7-8-16-41(38)44-42/h1-29H;1-31H;1-27H. The van der Waals surface area contributed by atoms with Crippen molar-refractivity contribution in [2.75, 3.05) is 14.7 Å². The minimum absolute atomic E-state index is 1.12. The van der Waals surface area contributed by atoms with Gasteiger partial charge in [-0.2, -0.15) is 0 Å². The number of hydrogen-bond acceptors (Lipinski definition) is 6. The lowest BCUT2D eigenvalue weighted by Crippen LogP contribution is -2.10. The highest BCUT2D eigenvalue weighted by molar-refractivity contribution is 7.26. The van der Waals surface area contributed by atoms with Crippen molar-refractivity contribution in [1.82, 2.24) is 0 Å². The number of thiophene rings is 3. The molecule has 0 amide bonds. The van der Waals surface area contributed by atoms with E-state index in [9.17, 15) is 0 Å². The SMILES string of the molecule is c1ccc(-c2ccc(-c3ccc(N(c4ccc(-c5ccc6sc7ccccc7c6c5)cc4)c4cccc5ccccc45)cc3)cc2)cc1.c1ccc2c(N(c3ccc(-c4ccc5sc6ccccc6c5c4)cc3)c3ccc4c5ccccc5c5ccccc5c4c3)cccc2c1.c1ccc2cc(N(c3ccc(-c4ccc5sc6ccccc6c5c4)cc3)c3cc4ccccc4c4ccccc34)ccc2c1. The molecule has 28 aromatic rings. The number of fused-ring (bicyclic) bond motifs is 21. The molecule has 0 atom stereocenters. The molecule has 28 rings (SSSR count). The van der Waals surface area contributed by atoms with Crippen LogP contribution in [0.3, 0.4) is 0 Å². The minimum atomic E-state index is 1.12. The summed E-state index contributed by atoms with van der Waals surface area (Å²) in [6.45, 7) is 0. The fourth-order valence-corrected chi connectivity index (χ4v) is 24.3. The topological polar surface area (TPSA) is 9.72 Å². The van der Waals surface area contributed by atoms with Gasteiger partial charge in [-0.25, -0.2) is 0 Å². The summed E-state index contributed by atoms with van der Waals surface area (Å²) < 4.78 is 7.99. The molecule has 0 saturated heterocycles. The molecule has 656 valence electrons. The van der Waals surface area contributed by atoms with Crippen molar-refractivity contribution >= 4 is 232 Å². The summed E-state index contributed by atoms with van der Waals surface area (Å²) in [4.78, 5) is 7.22. The van der Waals surface area contributed by atoms with Gasteiger partial charge in [0.25, 0.3) is 0 Å². The van der Waals surface area contributed by atoms with Crippen LogP contribution in [0.5, 0.6) is 0 Å². The number of hydrogen-bond donors (Lipinski definition) is 0. The summed E-state index contributed by atoms with van der Waals surface area (Å²) >= 11 is 5.59. The second-order valence-corrected chi connectivity index (χ2v) is 39.3. The normalized spacial score (nSPS) is 11.6. The smallest absolute Gasteiger partial charge is 0.0546 e. The van der Waals surface area contributed by atoms with Crippen LogP contribution >= 0.6 is 34.0 Å². The van der Waals surface area contributed by atoms with Crippen LogP contribution in [0, 0.1) is 0 Å². The number of benzene rings is 25. The lowest BCUT2D eigenvalue weighted by molar-refractivity contribution is 1.30. The van der Waals surface area contributed by atoms with Gasteiger partial charge in [-0.1, -0.05) is 382 Å². The van der Waals surface area contributed by atoms with E-state index in [1.54, 1.807) is 0 Å². The summed E-state index contributed by atoms with van der Waals surface area (Å²) in [5.41, 5.74) is 22.5. The molecule has 0 fully saturated rings. The second-order valence-electron chi connectivity index (χ2n) is 36.1. The Morgan fingerprint density at radius 3 is 0.807 bits per heavy atom. The van der Waals surface area contributed by atoms with Gasteiger partial charge in [-0.3, -0.25) is 0 Å². The Morgan fingerprint density at radius 2 is 0.371 bits per heavy atom. The first-order chi connectivity index (χ1) is 69.4. The van der Waals surface area contributed by atoms with Crippen LogP contribution in [-0.4, -0.2) is 0 Å². The highest BCUT2D eigenvalue weighted by Gasteiger charge is 2.24. The van der Waals surface area contributed by atoms with E-state index in [4.69, 9.17) is 0 Å². The maximum atomic E-state index is 2.42. The molecular formula is C134H87N3S3. The molecule has 0 radical (unpaired) electrons. The van der Waals surface area contributed by atoms with Crippen LogP contribution in [0.15, 0.2) is 528 Å². The average molecular weight is 1840 g/mol. The van der Waals surface area contributed by atoms with Gasteiger partial charge in [0, 0.05) is 111 Å². The van der Waals surface area contributed by atoms with Crippen LogP contribution in [0.4, 0.5) is 51.2 Å². The molecule has 3 aromatic heterocycles. The third kappa shape index (κ3) is 15.3. The van der Waals surface area contributed by atoms with Crippen molar-refractivity contribution in [3.8, 4) is 55.6 Å². The molecule has 140 heavy (non-hydrogen) atoms. The molecule has 25 aromatic carbocycles. The van der Waals surface area contributed by atoms with E-state index in [0.717, 1.165) is 45.5 Å². The summed E-state index contributed by atoms with van der Waals surface area (Å²) in [5.74, 6) is 0. The molecule has 0 aliphatic heterocycles. The molecular weight excluding hydrogens is 1750 g/mol. The van der Waals surface area contributed by atoms with Gasteiger partial charge in [0.05, 0.1) is 17.1 Å². The molecule has 0 aliphatic rings. The predicted octanol–water partition coefficient (Wildman–Crippen LogP) is 40.1. The van der Waals surface area contributed by atoms with Gasteiger partial charge < -0.3 is 14.7 Å². The fraction of sp³-hybridized carbons (Fsp3) is 0. The first kappa shape index (κ1) is 83.2. The molecule has 0 aliphatic carbocycles. The van der Waals surface area contributed by atoms with Gasteiger partial charge in [0.1, 0.15) is 0 Å². The van der Waals surface area contributed by atoms with Gasteiger partial charge in [0.2, 0.25) is 0 Å². The Bertz CT molecular complexity index is 9590. The molecule has 0 N–H and O–H groups in total. The molecule has 3 nitrogen and oxygen atoms in total. The van der Waals surface area contributed by atoms with Crippen molar-refractivity contribution < 1.29 is 0 Å². The van der Waals surface area contributed by atoms with E-state index in [-0.39, 0.29) is 0 Å². The van der Waals surface area contributed by atoms with Crippen LogP contribution in [0.25, 0.3) is 202 Å². The largest absolute Gasteiger partial charge is 0.310 e. The van der Waals surface area contributed by atoms with Gasteiger partial charge in [-0.05, 0) is 271 Å². The molecule has 0 bridgehead atoms. The van der Waals surface area contributed by atoms with Crippen molar-refractivity contribution in [2.45, 2.75) is 0 Å². The Labute approximate surface area is 823 Å². The zero-order chi connectivity index (χ0) is 92.5. The fourth-order valence-electron chi connectivity index (χ4n) is 21.1. The maximum absolute atomic E-state index is 2.42. The van der Waals surface area contributed by atoms with E-state index in [1.165, 1.54) is 208 Å². The van der Waals surface area contributed by atoms with Crippen molar-refractivity contribution in [3.63, 3.8) is 0 Å². The minimum Gasteiger partial charge on any atom is -0.310 e. The average Bonchev–Trinajstić information content (AvgIpc) is 1.05. The van der Waals surface area contributed by atoms with E-state index in [0.29, 0.717) is 0 Å². The maximum Gasteiger partial charge on any atom is 0.0546 e. The summed E-state index contributed by atoms with van der Waals surface area (Å²) in [6, 6.07) is 193. The molecule has 6 heteroatoms. The second kappa shape index (κ2) is 35.7.